The maximum Gasteiger partial charge on any atom is 0.396 e. The number of anilines is 1. The van der Waals surface area contributed by atoms with E-state index < -0.39 is 82.0 Å². The summed E-state index contributed by atoms with van der Waals surface area (Å²) in [5.74, 6) is -13.3. The van der Waals surface area contributed by atoms with Crippen molar-refractivity contribution in [3.8, 4) is 16.9 Å². The third-order valence-electron chi connectivity index (χ3n) is 8.77. The van der Waals surface area contributed by atoms with Crippen molar-refractivity contribution in [2.45, 2.75) is 24.5 Å². The number of phenolic OH excluding ortho intramolecular Hbond substituents is 1. The molecule has 0 aliphatic heterocycles. The van der Waals surface area contributed by atoms with Gasteiger partial charge in [-0.25, -0.2) is 4.79 Å². The third kappa shape index (κ3) is 4.43. The molecule has 0 radical (unpaired) electrons. The van der Waals surface area contributed by atoms with Crippen LogP contribution in [0.25, 0.3) is 11.1 Å². The molecule has 13 heteroatoms. The molecule has 0 aromatic heterocycles. The lowest BCUT2D eigenvalue weighted by molar-refractivity contribution is -0.181. The second-order valence-electron chi connectivity index (χ2n) is 11.3. The van der Waals surface area contributed by atoms with Gasteiger partial charge in [-0.15, -0.1) is 0 Å². The Kier molecular flexibility index (Phi) is 7.27. The Hall–Kier alpha value is -4.75. The molecule has 5 rings (SSSR count). The lowest BCUT2D eigenvalue weighted by Crippen LogP contribution is -2.74. The topological polar surface area (TPSA) is 210 Å². The van der Waals surface area contributed by atoms with E-state index in [-0.39, 0.29) is 18.4 Å². The van der Waals surface area contributed by atoms with Gasteiger partial charge < -0.3 is 26.0 Å². The maximum atomic E-state index is 13.9. The van der Waals surface area contributed by atoms with E-state index in [0.717, 1.165) is 7.11 Å². The van der Waals surface area contributed by atoms with Crippen LogP contribution in [-0.4, -0.2) is 88.9 Å². The van der Waals surface area contributed by atoms with Crippen LogP contribution in [0.5, 0.6) is 5.75 Å². The Labute approximate surface area is 245 Å². The van der Waals surface area contributed by atoms with Gasteiger partial charge in [0.15, 0.2) is 34.7 Å². The van der Waals surface area contributed by atoms with Gasteiger partial charge in [0, 0.05) is 11.6 Å². The standard InChI is InChI=1S/C30H29N3O10/c1-33(2)22-17-11-13-10-16-15(12-4-6-14(7-5-12)32-28(40)29(41)43-3)8-9-18(34)20(16)23(35)19(13)25(37)30(17,42)26(38)21(24(22)36)27(31)39/h4-9,13,17,19,21-22,34,42H,10-11H2,1-3H3,(H2,31,39)(H,32,40)/t13-,17-,19?,21?,22-,30-/m1/s1. The van der Waals surface area contributed by atoms with Gasteiger partial charge in [-0.2, -0.15) is 0 Å². The van der Waals surface area contributed by atoms with Crippen molar-refractivity contribution in [1.29, 1.82) is 0 Å². The summed E-state index contributed by atoms with van der Waals surface area (Å²) < 4.78 is 4.39. The lowest BCUT2D eigenvalue weighted by atomic mass is 9.52. The molecule has 2 saturated carbocycles. The normalized spacial score (nSPS) is 28.1. The third-order valence-corrected chi connectivity index (χ3v) is 8.77. The van der Waals surface area contributed by atoms with Crippen molar-refractivity contribution in [2.75, 3.05) is 26.5 Å². The van der Waals surface area contributed by atoms with Gasteiger partial charge in [0.2, 0.25) is 5.91 Å². The van der Waals surface area contributed by atoms with Crippen molar-refractivity contribution in [3.05, 3.63) is 47.5 Å². The van der Waals surface area contributed by atoms with Gasteiger partial charge in [-0.3, -0.25) is 33.7 Å². The fourth-order valence-electron chi connectivity index (χ4n) is 6.88. The van der Waals surface area contributed by atoms with Gasteiger partial charge in [-0.1, -0.05) is 18.2 Å². The van der Waals surface area contributed by atoms with Gasteiger partial charge >= 0.3 is 11.9 Å². The van der Waals surface area contributed by atoms with E-state index in [2.05, 4.69) is 10.1 Å². The highest BCUT2D eigenvalue weighted by Gasteiger charge is 2.69. The Morgan fingerprint density at radius 2 is 1.67 bits per heavy atom. The van der Waals surface area contributed by atoms with Crippen LogP contribution in [0.2, 0.25) is 0 Å². The number of aliphatic hydroxyl groups is 1. The van der Waals surface area contributed by atoms with E-state index >= 15 is 0 Å². The van der Waals surface area contributed by atoms with Crippen LogP contribution >= 0.6 is 0 Å². The second-order valence-corrected chi connectivity index (χ2v) is 11.3. The predicted molar refractivity (Wildman–Crippen MR) is 147 cm³/mol. The summed E-state index contributed by atoms with van der Waals surface area (Å²) >= 11 is 0. The number of nitrogens with one attached hydrogen (secondary N) is 1. The number of primary amides is 1. The number of carbonyl (C=O) groups is 7. The molecule has 2 fully saturated rings. The number of hydrogen-bond acceptors (Lipinski definition) is 11. The molecule has 0 bridgehead atoms. The monoisotopic (exact) mass is 591 g/mol. The molecular formula is C30H29N3O10. The number of nitrogens with two attached hydrogens (primary N) is 1. The van der Waals surface area contributed by atoms with E-state index in [1.807, 2.05) is 0 Å². The molecule has 5 N–H and O–H groups in total. The highest BCUT2D eigenvalue weighted by Crippen LogP contribution is 2.51. The molecular weight excluding hydrogens is 562 g/mol. The van der Waals surface area contributed by atoms with E-state index in [9.17, 15) is 43.8 Å². The smallest absolute Gasteiger partial charge is 0.396 e. The summed E-state index contributed by atoms with van der Waals surface area (Å²) in [6.07, 6.45) is 0.0217. The maximum absolute atomic E-state index is 13.9. The van der Waals surface area contributed by atoms with Crippen LogP contribution in [-0.2, 0) is 39.9 Å². The molecule has 43 heavy (non-hydrogen) atoms. The molecule has 2 amide bonds. The number of fused-ring (bicyclic) bond motifs is 3. The molecule has 3 aliphatic rings. The van der Waals surface area contributed by atoms with E-state index in [0.29, 0.717) is 22.4 Å². The number of rotatable bonds is 4. The SMILES string of the molecule is COC(=O)C(=O)Nc1ccc(-c2ccc(O)c3c2C[C@@H]2C[C@@H]4[C@@H](N(C)C)C(=O)C(C(N)=O)C(=O)[C@]4(O)C(=O)C2C3=O)cc1. The van der Waals surface area contributed by atoms with Crippen LogP contribution in [0.3, 0.4) is 0 Å². The minimum atomic E-state index is -2.80. The van der Waals surface area contributed by atoms with Crippen LogP contribution < -0.4 is 11.1 Å². The Morgan fingerprint density at radius 3 is 2.26 bits per heavy atom. The summed E-state index contributed by atoms with van der Waals surface area (Å²) in [6.45, 7) is 0. The first-order valence-electron chi connectivity index (χ1n) is 13.4. The molecule has 6 atom stereocenters. The van der Waals surface area contributed by atoms with Gasteiger partial charge in [-0.05, 0) is 67.7 Å². The number of methoxy groups -OCH3 is 1. The molecule has 2 unspecified atom stereocenters. The summed E-state index contributed by atoms with van der Waals surface area (Å²) in [4.78, 5) is 91.2. The average molecular weight is 592 g/mol. The van der Waals surface area contributed by atoms with Crippen molar-refractivity contribution in [1.82, 2.24) is 4.90 Å². The Morgan fingerprint density at radius 1 is 1.02 bits per heavy atom. The molecule has 13 nitrogen and oxygen atoms in total. The van der Waals surface area contributed by atoms with Gasteiger partial charge in [0.25, 0.3) is 0 Å². The van der Waals surface area contributed by atoms with Crippen molar-refractivity contribution in [2.24, 2.45) is 29.4 Å². The first kappa shape index (κ1) is 29.7. The number of phenols is 1. The number of Topliss-reactive ketones (excluding diaryl/α,β-unsaturated/α-hetero) is 4. The number of ketones is 4. The van der Waals surface area contributed by atoms with Gasteiger partial charge in [0.05, 0.1) is 24.6 Å². The van der Waals surface area contributed by atoms with E-state index in [4.69, 9.17) is 5.73 Å². The number of carbonyl (C=O) groups excluding carboxylic acids is 7. The number of benzene rings is 2. The number of esters is 1. The molecule has 0 heterocycles. The second kappa shape index (κ2) is 10.5. The summed E-state index contributed by atoms with van der Waals surface area (Å²) in [6, 6.07) is 8.01. The molecule has 3 aliphatic carbocycles. The highest BCUT2D eigenvalue weighted by atomic mass is 16.5. The molecule has 0 spiro atoms. The van der Waals surface area contributed by atoms with Crippen LogP contribution in [0.15, 0.2) is 36.4 Å². The van der Waals surface area contributed by atoms with Crippen LogP contribution in [0.1, 0.15) is 22.3 Å². The summed E-state index contributed by atoms with van der Waals surface area (Å²) in [7, 11) is 4.11. The molecule has 2 aromatic rings. The average Bonchev–Trinajstić information content (AvgIpc) is 2.94. The number of aromatic hydroxyl groups is 1. The van der Waals surface area contributed by atoms with E-state index in [1.165, 1.54) is 37.2 Å². The largest absolute Gasteiger partial charge is 0.507 e. The number of hydrogen-bond donors (Lipinski definition) is 4. The van der Waals surface area contributed by atoms with Crippen molar-refractivity contribution >= 4 is 46.6 Å². The summed E-state index contributed by atoms with van der Waals surface area (Å²) in [5.41, 5.74) is 4.29. The minimum Gasteiger partial charge on any atom is -0.507 e. The number of likely N-dealkylation sites (N-methyl/N-ethyl adjacent to an activating group) is 1. The predicted octanol–water partition coefficient (Wildman–Crippen LogP) is -0.354. The first-order chi connectivity index (χ1) is 20.2. The number of ether oxygens (including phenoxy) is 1. The number of amides is 2. The fraction of sp³-hybridized carbons (Fsp3) is 0.367. The van der Waals surface area contributed by atoms with Crippen molar-refractivity contribution < 1.29 is 48.5 Å². The fourth-order valence-corrected chi connectivity index (χ4v) is 6.88. The first-order valence-corrected chi connectivity index (χ1v) is 13.4. The van der Waals surface area contributed by atoms with Crippen molar-refractivity contribution in [3.63, 3.8) is 0 Å². The molecule has 0 saturated heterocycles. The molecule has 2 aromatic carbocycles. The zero-order chi connectivity index (χ0) is 31.5. The van der Waals surface area contributed by atoms with Crippen LogP contribution in [0, 0.1) is 23.7 Å². The zero-order valence-electron chi connectivity index (χ0n) is 23.5. The summed E-state index contributed by atoms with van der Waals surface area (Å²) in [5, 5.41) is 24.8. The Bertz CT molecular complexity index is 1610. The Balaban J connectivity index is 1.56. The lowest BCUT2D eigenvalue weighted by Gasteiger charge is -2.52. The van der Waals surface area contributed by atoms with E-state index in [1.54, 1.807) is 18.2 Å². The molecule has 224 valence electrons. The zero-order valence-corrected chi connectivity index (χ0v) is 23.5. The van der Waals surface area contributed by atoms with Gasteiger partial charge in [0.1, 0.15) is 5.75 Å². The number of nitrogens with zero attached hydrogens (tertiary/aromatic N) is 1. The highest BCUT2D eigenvalue weighted by molar-refractivity contribution is 6.37. The minimum absolute atomic E-state index is 0.0719. The quantitative estimate of drug-likeness (QED) is 0.205. The van der Waals surface area contributed by atoms with Crippen LogP contribution in [0.4, 0.5) is 5.69 Å².